The van der Waals surface area contributed by atoms with Crippen molar-refractivity contribution in [1.82, 2.24) is 0 Å². The maximum atomic E-state index is 12.1. The van der Waals surface area contributed by atoms with E-state index < -0.39 is 66.1 Å². The molecule has 2 aliphatic heterocycles. The SMILES string of the molecule is CC(C)(CCCCC(O)CCCCC(C)(C)C1CC(O)(CC(=O)O)CC(=O)O1)C1CC(O)(COCO)CC(=O)O1. The zero-order chi connectivity index (χ0) is 30.2. The Kier molecular flexibility index (Phi) is 12.4. The molecule has 2 heterocycles. The van der Waals surface area contributed by atoms with Crippen LogP contribution in [0.1, 0.15) is 111 Å². The first-order valence-electron chi connectivity index (χ1n) is 14.4. The average Bonchev–Trinajstić information content (AvgIpc) is 2.81. The minimum atomic E-state index is -1.60. The first-order valence-corrected chi connectivity index (χ1v) is 14.4. The Morgan fingerprint density at radius 3 is 1.80 bits per heavy atom. The molecule has 0 aromatic heterocycles. The largest absolute Gasteiger partial charge is 0.481 e. The molecule has 2 aliphatic rings. The number of esters is 2. The summed E-state index contributed by atoms with van der Waals surface area (Å²) >= 11 is 0. The lowest BCUT2D eigenvalue weighted by atomic mass is 9.73. The quantitative estimate of drug-likeness (QED) is 0.0979. The van der Waals surface area contributed by atoms with E-state index in [0.29, 0.717) is 19.3 Å². The van der Waals surface area contributed by atoms with Gasteiger partial charge < -0.3 is 39.7 Å². The smallest absolute Gasteiger partial charge is 0.309 e. The van der Waals surface area contributed by atoms with E-state index in [2.05, 4.69) is 0 Å². The van der Waals surface area contributed by atoms with Gasteiger partial charge in [0.25, 0.3) is 0 Å². The van der Waals surface area contributed by atoms with Crippen LogP contribution in [0.25, 0.3) is 0 Å². The second kappa shape index (κ2) is 14.4. The predicted octanol–water partition coefficient (Wildman–Crippen LogP) is 2.84. The molecule has 0 aliphatic carbocycles. The molecule has 232 valence electrons. The fourth-order valence-electron chi connectivity index (χ4n) is 5.88. The van der Waals surface area contributed by atoms with Crippen molar-refractivity contribution in [3.05, 3.63) is 0 Å². The molecule has 40 heavy (non-hydrogen) atoms. The van der Waals surface area contributed by atoms with E-state index in [4.69, 9.17) is 24.4 Å². The summed E-state index contributed by atoms with van der Waals surface area (Å²) in [5, 5.41) is 49.8. The second-order valence-corrected chi connectivity index (χ2v) is 13.3. The summed E-state index contributed by atoms with van der Waals surface area (Å²) in [5.74, 6) is -2.22. The number of carboxylic acids is 1. The fraction of sp³-hybridized carbons (Fsp3) is 0.897. The Bertz CT molecular complexity index is 853. The molecule has 0 aromatic rings. The van der Waals surface area contributed by atoms with Gasteiger partial charge in [0.2, 0.25) is 0 Å². The number of carbonyl (C=O) groups excluding carboxylic acids is 2. The van der Waals surface area contributed by atoms with Gasteiger partial charge in [-0.2, -0.15) is 0 Å². The normalized spacial score (nSPS) is 28.6. The van der Waals surface area contributed by atoms with Crippen molar-refractivity contribution in [2.75, 3.05) is 13.4 Å². The van der Waals surface area contributed by atoms with Crippen LogP contribution in [-0.4, -0.2) is 86.4 Å². The predicted molar refractivity (Wildman–Crippen MR) is 144 cm³/mol. The van der Waals surface area contributed by atoms with Gasteiger partial charge in [-0.05, 0) is 25.7 Å². The van der Waals surface area contributed by atoms with E-state index >= 15 is 0 Å². The Morgan fingerprint density at radius 2 is 1.35 bits per heavy atom. The number of ether oxygens (including phenoxy) is 3. The number of aliphatic carboxylic acids is 1. The van der Waals surface area contributed by atoms with Crippen LogP contribution in [0.2, 0.25) is 0 Å². The van der Waals surface area contributed by atoms with E-state index in [1.54, 1.807) is 0 Å². The molecule has 0 bridgehead atoms. The van der Waals surface area contributed by atoms with Gasteiger partial charge in [0, 0.05) is 23.7 Å². The van der Waals surface area contributed by atoms with Gasteiger partial charge in [-0.3, -0.25) is 14.4 Å². The van der Waals surface area contributed by atoms with Crippen LogP contribution in [0.4, 0.5) is 0 Å². The van der Waals surface area contributed by atoms with Crippen molar-refractivity contribution in [2.24, 2.45) is 10.8 Å². The van der Waals surface area contributed by atoms with Gasteiger partial charge >= 0.3 is 17.9 Å². The molecule has 5 unspecified atom stereocenters. The third-order valence-corrected chi connectivity index (χ3v) is 8.53. The van der Waals surface area contributed by atoms with Crippen LogP contribution in [0.5, 0.6) is 0 Å². The Labute approximate surface area is 237 Å². The molecular formula is C29H50O11. The number of rotatable bonds is 17. The van der Waals surface area contributed by atoms with Crippen LogP contribution in [-0.2, 0) is 28.6 Å². The molecule has 11 nitrogen and oxygen atoms in total. The number of aliphatic hydroxyl groups excluding tert-OH is 2. The van der Waals surface area contributed by atoms with E-state index in [9.17, 15) is 29.7 Å². The van der Waals surface area contributed by atoms with Crippen molar-refractivity contribution in [3.63, 3.8) is 0 Å². The molecule has 0 aromatic carbocycles. The van der Waals surface area contributed by atoms with Crippen LogP contribution in [0, 0.1) is 10.8 Å². The molecule has 5 N–H and O–H groups in total. The van der Waals surface area contributed by atoms with E-state index in [1.165, 1.54) is 0 Å². The van der Waals surface area contributed by atoms with E-state index in [1.807, 2.05) is 27.7 Å². The summed E-state index contributed by atoms with van der Waals surface area (Å²) < 4.78 is 16.0. The van der Waals surface area contributed by atoms with Crippen LogP contribution in [0.15, 0.2) is 0 Å². The lowest BCUT2D eigenvalue weighted by Gasteiger charge is -2.42. The minimum absolute atomic E-state index is 0.0901. The van der Waals surface area contributed by atoms with E-state index in [0.717, 1.165) is 32.1 Å². The molecule has 2 saturated heterocycles. The maximum Gasteiger partial charge on any atom is 0.309 e. The van der Waals surface area contributed by atoms with Gasteiger partial charge in [0.05, 0.1) is 37.6 Å². The van der Waals surface area contributed by atoms with Gasteiger partial charge in [-0.1, -0.05) is 53.4 Å². The molecule has 5 atom stereocenters. The van der Waals surface area contributed by atoms with Gasteiger partial charge in [0.1, 0.15) is 24.6 Å². The first kappa shape index (κ1) is 34.4. The second-order valence-electron chi connectivity index (χ2n) is 13.3. The highest BCUT2D eigenvalue weighted by Gasteiger charge is 2.47. The molecule has 0 radical (unpaired) electrons. The topological polar surface area (TPSA) is 180 Å². The number of cyclic esters (lactones) is 2. The van der Waals surface area contributed by atoms with Crippen molar-refractivity contribution in [3.8, 4) is 0 Å². The maximum absolute atomic E-state index is 12.1. The number of aliphatic hydroxyl groups is 4. The van der Waals surface area contributed by atoms with Crippen molar-refractivity contribution < 1.29 is 54.1 Å². The first-order chi connectivity index (χ1) is 18.5. The average molecular weight is 575 g/mol. The van der Waals surface area contributed by atoms with Gasteiger partial charge in [-0.25, -0.2) is 0 Å². The van der Waals surface area contributed by atoms with Crippen LogP contribution in [0.3, 0.4) is 0 Å². The third kappa shape index (κ3) is 10.9. The van der Waals surface area contributed by atoms with Gasteiger partial charge in [-0.15, -0.1) is 0 Å². The highest BCUT2D eigenvalue weighted by atomic mass is 16.6. The summed E-state index contributed by atoms with van der Waals surface area (Å²) in [7, 11) is 0. The highest BCUT2D eigenvalue weighted by molar-refractivity contribution is 5.75. The molecule has 11 heteroatoms. The Balaban J connectivity index is 1.70. The highest BCUT2D eigenvalue weighted by Crippen LogP contribution is 2.41. The molecule has 2 rings (SSSR count). The molecule has 0 amide bonds. The Morgan fingerprint density at radius 1 is 0.900 bits per heavy atom. The molecule has 0 spiro atoms. The molecule has 2 fully saturated rings. The summed E-state index contributed by atoms with van der Waals surface area (Å²) in [6.45, 7) is 7.22. The summed E-state index contributed by atoms with van der Waals surface area (Å²) in [5.41, 5.74) is -3.78. The third-order valence-electron chi connectivity index (χ3n) is 8.53. The standard InChI is InChI=1S/C29H50O11/c1-26(2,21-13-28(36,15-23(32)33)16-24(34)39-21)11-7-5-9-20(31)10-6-8-12-27(3,4)22-14-29(37,18-38-19-30)17-25(35)40-22/h20-22,30-31,36-37H,5-19H2,1-4H3,(H,32,33). The van der Waals surface area contributed by atoms with Gasteiger partial charge in [0.15, 0.2) is 0 Å². The summed E-state index contributed by atoms with van der Waals surface area (Å²) in [6, 6.07) is 0. The monoisotopic (exact) mass is 574 g/mol. The zero-order valence-electron chi connectivity index (χ0n) is 24.5. The lowest BCUT2D eigenvalue weighted by Crippen LogP contribution is -2.51. The number of carboxylic acid groups (broad SMARTS) is 1. The van der Waals surface area contributed by atoms with Crippen molar-refractivity contribution in [1.29, 1.82) is 0 Å². The van der Waals surface area contributed by atoms with Crippen molar-refractivity contribution >= 4 is 17.9 Å². The summed E-state index contributed by atoms with van der Waals surface area (Å²) in [6.07, 6.45) is 3.76. The number of hydrogen-bond donors (Lipinski definition) is 5. The minimum Gasteiger partial charge on any atom is -0.481 e. The van der Waals surface area contributed by atoms with Crippen LogP contribution < -0.4 is 0 Å². The number of carbonyl (C=O) groups is 3. The summed E-state index contributed by atoms with van der Waals surface area (Å²) in [4.78, 5) is 35.2. The molecular weight excluding hydrogens is 524 g/mol. The van der Waals surface area contributed by atoms with Crippen molar-refractivity contribution in [2.45, 2.75) is 141 Å². The zero-order valence-corrected chi connectivity index (χ0v) is 24.5. The Hall–Kier alpha value is -1.79. The number of unbranched alkanes of at least 4 members (excludes halogenated alkanes) is 2. The number of hydrogen-bond acceptors (Lipinski definition) is 10. The fourth-order valence-corrected chi connectivity index (χ4v) is 5.88. The van der Waals surface area contributed by atoms with Crippen LogP contribution >= 0.6 is 0 Å². The lowest BCUT2D eigenvalue weighted by molar-refractivity contribution is -0.192. The van der Waals surface area contributed by atoms with E-state index in [-0.39, 0.29) is 37.7 Å². The molecule has 0 saturated carbocycles.